The number of aryl methyl sites for hydroxylation is 2. The first-order valence-electron chi connectivity index (χ1n) is 14.7. The summed E-state index contributed by atoms with van der Waals surface area (Å²) in [7, 11) is 0.863. The normalized spacial score (nSPS) is 14.7. The summed E-state index contributed by atoms with van der Waals surface area (Å²) in [5.74, 6) is 1.02. The molecule has 2 aromatic carbocycles. The number of hydrogen-bond donors (Lipinski definition) is 2. The Morgan fingerprint density at radius 1 is 1.09 bits per heavy atom. The summed E-state index contributed by atoms with van der Waals surface area (Å²) in [6, 6.07) is 14.2. The molecule has 1 amide bonds. The molecule has 0 saturated carbocycles. The number of fused-ring (bicyclic) bond motifs is 1. The minimum atomic E-state index is -4.02. The highest BCUT2D eigenvalue weighted by molar-refractivity contribution is 7.90. The molecule has 2 aromatic heterocycles. The number of aliphatic hydroxyl groups is 1. The number of ether oxygens (including phenoxy) is 2. The lowest BCUT2D eigenvalue weighted by molar-refractivity contribution is -0.119. The molecule has 234 valence electrons. The second-order valence-electron chi connectivity index (χ2n) is 11.7. The third-order valence-corrected chi connectivity index (χ3v) is 9.69. The number of methoxy groups -OCH3 is 2. The van der Waals surface area contributed by atoms with Gasteiger partial charge in [0.2, 0.25) is 5.91 Å². The van der Waals surface area contributed by atoms with E-state index < -0.39 is 22.0 Å². The Kier molecular flexibility index (Phi) is 9.45. The van der Waals surface area contributed by atoms with Crippen LogP contribution in [-0.4, -0.2) is 47.8 Å². The van der Waals surface area contributed by atoms with Gasteiger partial charge < -0.3 is 23.7 Å². The van der Waals surface area contributed by atoms with Gasteiger partial charge in [0.25, 0.3) is 10.0 Å². The smallest absolute Gasteiger partial charge is 0.283 e. The first-order valence-corrected chi connectivity index (χ1v) is 16.2. The number of carbonyl (C=O) groups is 1. The molecule has 10 nitrogen and oxygen atoms in total. The zero-order valence-corrected chi connectivity index (χ0v) is 26.4. The van der Waals surface area contributed by atoms with Gasteiger partial charge in [-0.25, -0.2) is 9.71 Å². The summed E-state index contributed by atoms with van der Waals surface area (Å²) < 4.78 is 41.7. The summed E-state index contributed by atoms with van der Waals surface area (Å²) in [4.78, 5) is 16.3. The number of nitrogens with zero attached hydrogens (tertiary/aromatic N) is 3. The molecule has 1 aliphatic rings. The maximum Gasteiger partial charge on any atom is 0.283 e. The Morgan fingerprint density at radius 2 is 1.75 bits per heavy atom. The van der Waals surface area contributed by atoms with Crippen molar-refractivity contribution in [3.05, 3.63) is 95.2 Å². The van der Waals surface area contributed by atoms with E-state index in [1.165, 1.54) is 28.2 Å². The molecule has 5 rings (SSSR count). The van der Waals surface area contributed by atoms with E-state index in [9.17, 15) is 18.3 Å². The van der Waals surface area contributed by atoms with Gasteiger partial charge in [-0.1, -0.05) is 24.3 Å². The van der Waals surface area contributed by atoms with Gasteiger partial charge in [0.15, 0.2) is 5.03 Å². The molecule has 2 N–H and O–H groups in total. The van der Waals surface area contributed by atoms with Crippen molar-refractivity contribution in [1.82, 2.24) is 18.8 Å². The van der Waals surface area contributed by atoms with Crippen molar-refractivity contribution >= 4 is 15.9 Å². The lowest BCUT2D eigenvalue weighted by Crippen LogP contribution is -2.31. The monoisotopic (exact) mass is 620 g/mol. The number of rotatable bonds is 13. The number of hydrogen-bond acceptors (Lipinski definition) is 7. The van der Waals surface area contributed by atoms with Gasteiger partial charge in [-0.3, -0.25) is 4.79 Å². The lowest BCUT2D eigenvalue weighted by Gasteiger charge is -2.27. The number of amides is 1. The topological polar surface area (TPSA) is 125 Å². The van der Waals surface area contributed by atoms with E-state index in [2.05, 4.69) is 34.0 Å². The number of imidazole rings is 1. The standard InChI is InChI=1S/C33H40N4O6S/c1-22-29(42-3)16-27(17-30(22)43-4)33(39)28(15-24-13-25-7-5-6-8-26(25)14-24)19-37-12-11-23(18-37)9-10-31(38)35-44(40,41)32-20-36(2)21-34-32/h5-8,11-12,16-18,20-21,24,28,33,39H,9-10,13-15,19H2,1-4H3,(H,35,38)/t28-,33+/m0/s1. The van der Waals surface area contributed by atoms with Gasteiger partial charge in [0, 0.05) is 50.1 Å². The maximum atomic E-state index is 12.5. The fraction of sp³-hybridized carbons (Fsp3) is 0.394. The number of nitrogens with one attached hydrogen (secondary N) is 1. The van der Waals surface area contributed by atoms with E-state index in [1.54, 1.807) is 21.3 Å². The SMILES string of the molecule is COc1cc([C@@H](O)[C@@H](CC2Cc3ccccc3C2)Cn2ccc(CCC(=O)NS(=O)(=O)c3cn(C)cn3)c2)cc(OC)c1C. The molecule has 0 bridgehead atoms. The van der Waals surface area contributed by atoms with Crippen molar-refractivity contribution in [1.29, 1.82) is 0 Å². The molecule has 2 atom stereocenters. The molecular formula is C33H40N4O6S. The van der Waals surface area contributed by atoms with Gasteiger partial charge in [-0.05, 0) is 79.0 Å². The van der Waals surface area contributed by atoms with Crippen molar-refractivity contribution in [2.75, 3.05) is 14.2 Å². The molecule has 44 heavy (non-hydrogen) atoms. The van der Waals surface area contributed by atoms with Crippen molar-refractivity contribution in [2.45, 2.75) is 56.7 Å². The molecular weight excluding hydrogens is 580 g/mol. The second-order valence-corrected chi connectivity index (χ2v) is 13.3. The summed E-state index contributed by atoms with van der Waals surface area (Å²) in [6.07, 6.45) is 8.99. The molecule has 0 radical (unpaired) electrons. The van der Waals surface area contributed by atoms with Gasteiger partial charge >= 0.3 is 0 Å². The number of benzene rings is 2. The second kappa shape index (κ2) is 13.3. The van der Waals surface area contributed by atoms with Crippen LogP contribution in [0.4, 0.5) is 0 Å². The van der Waals surface area contributed by atoms with Crippen LogP contribution in [0.2, 0.25) is 0 Å². The quantitative estimate of drug-likeness (QED) is 0.230. The predicted octanol–water partition coefficient (Wildman–Crippen LogP) is 4.14. The Bertz CT molecular complexity index is 1680. The number of carbonyl (C=O) groups excluding carboxylic acids is 1. The molecule has 0 spiro atoms. The predicted molar refractivity (Wildman–Crippen MR) is 166 cm³/mol. The largest absolute Gasteiger partial charge is 0.496 e. The lowest BCUT2D eigenvalue weighted by atomic mass is 9.85. The van der Waals surface area contributed by atoms with Crippen LogP contribution in [0.3, 0.4) is 0 Å². The highest BCUT2D eigenvalue weighted by atomic mass is 32.2. The Labute approximate surface area is 258 Å². The summed E-state index contributed by atoms with van der Waals surface area (Å²) in [5, 5.41) is 11.6. The van der Waals surface area contributed by atoms with E-state index in [0.717, 1.165) is 36.0 Å². The van der Waals surface area contributed by atoms with Crippen molar-refractivity contribution in [3.63, 3.8) is 0 Å². The van der Waals surface area contributed by atoms with Crippen LogP contribution in [-0.2, 0) is 47.7 Å². The first kappa shape index (κ1) is 31.3. The highest BCUT2D eigenvalue weighted by Crippen LogP contribution is 2.39. The van der Waals surface area contributed by atoms with Crippen LogP contribution in [0.25, 0.3) is 0 Å². The van der Waals surface area contributed by atoms with Crippen LogP contribution in [0, 0.1) is 18.8 Å². The Balaban J connectivity index is 1.29. The molecule has 2 heterocycles. The molecule has 0 unspecified atom stereocenters. The average Bonchev–Trinajstić information content (AvgIpc) is 3.75. The van der Waals surface area contributed by atoms with E-state index in [-0.39, 0.29) is 17.4 Å². The van der Waals surface area contributed by atoms with E-state index in [4.69, 9.17) is 9.47 Å². The zero-order chi connectivity index (χ0) is 31.4. The van der Waals surface area contributed by atoms with Gasteiger partial charge in [-0.2, -0.15) is 8.42 Å². The van der Waals surface area contributed by atoms with Crippen LogP contribution in [0.15, 0.2) is 72.4 Å². The van der Waals surface area contributed by atoms with Crippen LogP contribution >= 0.6 is 0 Å². The minimum Gasteiger partial charge on any atom is -0.496 e. The van der Waals surface area contributed by atoms with E-state index in [1.807, 2.05) is 42.1 Å². The third kappa shape index (κ3) is 7.16. The molecule has 11 heteroatoms. The minimum absolute atomic E-state index is 0.00538. The average molecular weight is 621 g/mol. The Hall–Kier alpha value is -4.09. The Morgan fingerprint density at radius 3 is 2.34 bits per heavy atom. The number of sulfonamides is 1. The molecule has 1 aliphatic carbocycles. The van der Waals surface area contributed by atoms with Gasteiger partial charge in [0.1, 0.15) is 11.5 Å². The molecule has 0 aliphatic heterocycles. The van der Waals surface area contributed by atoms with Crippen LogP contribution in [0.5, 0.6) is 11.5 Å². The number of aliphatic hydroxyl groups excluding tert-OH is 1. The van der Waals surface area contributed by atoms with Gasteiger partial charge in [0.05, 0.1) is 26.7 Å². The van der Waals surface area contributed by atoms with Crippen molar-refractivity contribution < 1.29 is 27.8 Å². The van der Waals surface area contributed by atoms with Gasteiger partial charge in [-0.15, -0.1) is 0 Å². The summed E-state index contributed by atoms with van der Waals surface area (Å²) in [6.45, 7) is 2.49. The fourth-order valence-electron chi connectivity index (χ4n) is 6.16. The molecule has 0 saturated heterocycles. The molecule has 0 fully saturated rings. The summed E-state index contributed by atoms with van der Waals surface area (Å²) in [5.41, 5.74) is 5.26. The third-order valence-electron chi connectivity index (χ3n) is 8.44. The van der Waals surface area contributed by atoms with Crippen LogP contribution in [0.1, 0.15) is 46.8 Å². The van der Waals surface area contributed by atoms with Crippen LogP contribution < -0.4 is 14.2 Å². The fourth-order valence-corrected chi connectivity index (χ4v) is 7.16. The van der Waals surface area contributed by atoms with Crippen molar-refractivity contribution in [3.8, 4) is 11.5 Å². The van der Waals surface area contributed by atoms with Crippen molar-refractivity contribution in [2.24, 2.45) is 18.9 Å². The summed E-state index contributed by atoms with van der Waals surface area (Å²) >= 11 is 0. The zero-order valence-electron chi connectivity index (χ0n) is 25.6. The van der Waals surface area contributed by atoms with E-state index >= 15 is 0 Å². The highest BCUT2D eigenvalue weighted by Gasteiger charge is 2.30. The maximum absolute atomic E-state index is 12.5. The first-order chi connectivity index (χ1) is 21.1. The van der Waals surface area contributed by atoms with E-state index in [0.29, 0.717) is 30.4 Å². The molecule has 4 aromatic rings. The number of aromatic nitrogens is 3.